The zero-order chi connectivity index (χ0) is 23.1. The molecule has 2 aromatic rings. The average Bonchev–Trinajstić information content (AvgIpc) is 3.10. The molecule has 0 radical (unpaired) electrons. The van der Waals surface area contributed by atoms with Crippen molar-refractivity contribution in [3.63, 3.8) is 0 Å². The molecule has 0 aromatic heterocycles. The molecule has 164 valence electrons. The number of rotatable bonds is 8. The first-order valence-electron chi connectivity index (χ1n) is 9.98. The maximum atomic E-state index is 12.6. The Hall–Kier alpha value is -3.14. The Morgan fingerprint density at radius 1 is 1.34 bits per heavy atom. The number of allylic oxidation sites excluding steroid dienone is 1. The number of thioether (sulfide) groups is 1. The minimum Gasteiger partial charge on any atom is -0.490 e. The molecule has 1 amide bonds. The number of hydrogen-bond donors (Lipinski definition) is 1. The van der Waals surface area contributed by atoms with Crippen molar-refractivity contribution < 1.29 is 14.3 Å². The van der Waals surface area contributed by atoms with E-state index in [9.17, 15) is 4.79 Å². The summed E-state index contributed by atoms with van der Waals surface area (Å²) in [7, 11) is 0. The number of halogens is 1. The molecule has 1 aliphatic rings. The predicted octanol–water partition coefficient (Wildman–Crippen LogP) is 5.68. The van der Waals surface area contributed by atoms with Crippen molar-refractivity contribution >= 4 is 46.2 Å². The summed E-state index contributed by atoms with van der Waals surface area (Å²) in [5.74, 6) is 3.42. The molecule has 0 atom stereocenters. The van der Waals surface area contributed by atoms with Crippen LogP contribution in [0.2, 0.25) is 5.02 Å². The lowest BCUT2D eigenvalue weighted by Crippen LogP contribution is -2.19. The Kier molecular flexibility index (Phi) is 8.04. The highest BCUT2D eigenvalue weighted by atomic mass is 35.5. The molecule has 2 aromatic carbocycles. The van der Waals surface area contributed by atoms with E-state index in [2.05, 4.69) is 22.8 Å². The number of benzene rings is 2. The summed E-state index contributed by atoms with van der Waals surface area (Å²) in [4.78, 5) is 17.6. The second-order valence-corrected chi connectivity index (χ2v) is 8.23. The molecule has 32 heavy (non-hydrogen) atoms. The lowest BCUT2D eigenvalue weighted by Gasteiger charge is -2.15. The fraction of sp³-hybridized carbons (Fsp3) is 0.200. The summed E-state index contributed by atoms with van der Waals surface area (Å²) in [5, 5.41) is 3.93. The zero-order valence-corrected chi connectivity index (χ0v) is 19.5. The molecule has 1 aliphatic heterocycles. The minimum absolute atomic E-state index is 0.131. The first-order valence-corrected chi connectivity index (χ1v) is 11.2. The number of hydrogen-bond acceptors (Lipinski definition) is 5. The van der Waals surface area contributed by atoms with E-state index < -0.39 is 0 Å². The van der Waals surface area contributed by atoms with Gasteiger partial charge >= 0.3 is 0 Å². The van der Waals surface area contributed by atoms with Gasteiger partial charge in [0.05, 0.1) is 17.2 Å². The van der Waals surface area contributed by atoms with Gasteiger partial charge in [-0.25, -0.2) is 4.99 Å². The van der Waals surface area contributed by atoms with Crippen molar-refractivity contribution in [2.75, 3.05) is 13.2 Å². The lowest BCUT2D eigenvalue weighted by molar-refractivity contribution is -0.115. The van der Waals surface area contributed by atoms with Crippen LogP contribution in [0.4, 0.5) is 5.69 Å². The first-order chi connectivity index (χ1) is 15.5. The van der Waals surface area contributed by atoms with Gasteiger partial charge in [0.1, 0.15) is 6.61 Å². The van der Waals surface area contributed by atoms with E-state index in [0.717, 1.165) is 16.7 Å². The predicted molar refractivity (Wildman–Crippen MR) is 133 cm³/mol. The van der Waals surface area contributed by atoms with Crippen molar-refractivity contribution in [3.8, 4) is 23.8 Å². The van der Waals surface area contributed by atoms with Gasteiger partial charge in [0.15, 0.2) is 16.7 Å². The molecule has 0 saturated carbocycles. The quantitative estimate of drug-likeness (QED) is 0.309. The molecule has 7 heteroatoms. The molecule has 1 N–H and O–H groups in total. The van der Waals surface area contributed by atoms with Crippen LogP contribution in [-0.4, -0.2) is 24.3 Å². The van der Waals surface area contributed by atoms with Crippen molar-refractivity contribution in [1.82, 2.24) is 5.32 Å². The van der Waals surface area contributed by atoms with E-state index in [-0.39, 0.29) is 12.5 Å². The molecule has 0 bridgehead atoms. The maximum absolute atomic E-state index is 12.6. The van der Waals surface area contributed by atoms with E-state index in [1.807, 2.05) is 38.1 Å². The van der Waals surface area contributed by atoms with E-state index in [4.69, 9.17) is 27.5 Å². The third kappa shape index (κ3) is 5.56. The van der Waals surface area contributed by atoms with Crippen molar-refractivity contribution in [2.45, 2.75) is 20.3 Å². The van der Waals surface area contributed by atoms with Crippen LogP contribution in [0.15, 0.2) is 52.9 Å². The number of carbonyl (C=O) groups is 1. The molecule has 0 unspecified atom stereocenters. The van der Waals surface area contributed by atoms with Crippen LogP contribution >= 0.6 is 23.4 Å². The molecule has 1 heterocycles. The van der Waals surface area contributed by atoms with Gasteiger partial charge < -0.3 is 14.8 Å². The smallest absolute Gasteiger partial charge is 0.264 e. The average molecular weight is 467 g/mol. The number of amides is 1. The molecule has 5 nitrogen and oxygen atoms in total. The van der Waals surface area contributed by atoms with Crippen LogP contribution in [0, 0.1) is 19.3 Å². The second-order valence-electron chi connectivity index (χ2n) is 6.79. The van der Waals surface area contributed by atoms with E-state index in [1.165, 1.54) is 11.8 Å². The van der Waals surface area contributed by atoms with Gasteiger partial charge in [0.25, 0.3) is 5.91 Å². The number of ether oxygens (including phenoxy) is 2. The Morgan fingerprint density at radius 3 is 2.88 bits per heavy atom. The van der Waals surface area contributed by atoms with Crippen molar-refractivity contribution in [1.29, 1.82) is 0 Å². The number of nitrogens with one attached hydrogen (secondary N) is 1. The largest absolute Gasteiger partial charge is 0.490 e. The van der Waals surface area contributed by atoms with E-state index >= 15 is 0 Å². The van der Waals surface area contributed by atoms with E-state index in [1.54, 1.807) is 18.2 Å². The topological polar surface area (TPSA) is 59.9 Å². The molecule has 1 fully saturated rings. The summed E-state index contributed by atoms with van der Waals surface area (Å²) in [6.45, 7) is 8.19. The molecule has 1 saturated heterocycles. The minimum atomic E-state index is -0.218. The second kappa shape index (κ2) is 10.9. The van der Waals surface area contributed by atoms with Crippen LogP contribution < -0.4 is 14.8 Å². The Morgan fingerprint density at radius 2 is 2.16 bits per heavy atom. The van der Waals surface area contributed by atoms with Gasteiger partial charge in [-0.1, -0.05) is 29.7 Å². The normalized spacial score (nSPS) is 15.5. The SMILES string of the molecule is C#CCOc1c(CC=C)cc(/C=C2/SC(=Nc3cccc(Cl)c3C)NC2=O)cc1OCC. The fourth-order valence-electron chi connectivity index (χ4n) is 3.07. The third-order valence-electron chi connectivity index (χ3n) is 4.53. The molecule has 0 spiro atoms. The molecular formula is C25H23ClN2O3S. The number of carbonyl (C=O) groups excluding carboxylic acids is 1. The van der Waals surface area contributed by atoms with Gasteiger partial charge in [0.2, 0.25) is 0 Å². The van der Waals surface area contributed by atoms with Crippen LogP contribution in [-0.2, 0) is 11.2 Å². The molecule has 0 aliphatic carbocycles. The standard InChI is InChI=1S/C25H23ClN2O3S/c1-5-9-18-13-17(14-21(30-7-3)23(18)31-12-6-2)15-22-24(29)28-25(32-22)27-20-11-8-10-19(26)16(20)4/h2,5,8,10-11,13-15H,1,7,9,12H2,3-4H3,(H,27,28,29)/b22-15+. The third-order valence-corrected chi connectivity index (χ3v) is 5.85. The summed E-state index contributed by atoms with van der Waals surface area (Å²) >= 11 is 7.44. The van der Waals surface area contributed by atoms with Crippen molar-refractivity contribution in [3.05, 3.63) is 69.6 Å². The van der Waals surface area contributed by atoms with E-state index in [0.29, 0.717) is 45.3 Å². The monoisotopic (exact) mass is 466 g/mol. The fourth-order valence-corrected chi connectivity index (χ4v) is 4.08. The number of terminal acetylenes is 1. The van der Waals surface area contributed by atoms with Crippen LogP contribution in [0.5, 0.6) is 11.5 Å². The highest BCUT2D eigenvalue weighted by Crippen LogP contribution is 2.36. The maximum Gasteiger partial charge on any atom is 0.264 e. The zero-order valence-electron chi connectivity index (χ0n) is 17.9. The van der Waals surface area contributed by atoms with Crippen LogP contribution in [0.3, 0.4) is 0 Å². The summed E-state index contributed by atoms with van der Waals surface area (Å²) in [5.41, 5.74) is 3.24. The Balaban J connectivity index is 1.95. The number of amidine groups is 1. The van der Waals surface area contributed by atoms with Gasteiger partial charge in [0, 0.05) is 10.6 Å². The number of nitrogens with zero attached hydrogens (tertiary/aromatic N) is 1. The highest BCUT2D eigenvalue weighted by Gasteiger charge is 2.24. The summed E-state index contributed by atoms with van der Waals surface area (Å²) in [6.07, 6.45) is 9.50. The van der Waals surface area contributed by atoms with Crippen LogP contribution in [0.25, 0.3) is 6.08 Å². The lowest BCUT2D eigenvalue weighted by atomic mass is 10.0. The molecular weight excluding hydrogens is 444 g/mol. The molecule has 3 rings (SSSR count). The Bertz CT molecular complexity index is 1150. The van der Waals surface area contributed by atoms with Crippen LogP contribution in [0.1, 0.15) is 23.6 Å². The van der Waals surface area contributed by atoms with Gasteiger partial charge in [-0.05, 0) is 73.5 Å². The summed E-state index contributed by atoms with van der Waals surface area (Å²) < 4.78 is 11.5. The van der Waals surface area contributed by atoms with Gasteiger partial charge in [-0.15, -0.1) is 13.0 Å². The summed E-state index contributed by atoms with van der Waals surface area (Å²) in [6, 6.07) is 9.26. The first kappa shape index (κ1) is 23.5. The Labute approximate surface area is 197 Å². The number of aliphatic imine (C=N–C) groups is 1. The van der Waals surface area contributed by atoms with Gasteiger partial charge in [-0.3, -0.25) is 4.79 Å². The highest BCUT2D eigenvalue weighted by molar-refractivity contribution is 8.18. The van der Waals surface area contributed by atoms with Crippen molar-refractivity contribution in [2.24, 2.45) is 4.99 Å². The van der Waals surface area contributed by atoms with Gasteiger partial charge in [-0.2, -0.15) is 0 Å².